The van der Waals surface area contributed by atoms with Crippen molar-refractivity contribution in [3.05, 3.63) is 87.8 Å². The highest BCUT2D eigenvalue weighted by atomic mass is 16.6. The van der Waals surface area contributed by atoms with Crippen LogP contribution in [0.2, 0.25) is 0 Å². The molecule has 0 amide bonds. The van der Waals surface area contributed by atoms with Crippen molar-refractivity contribution in [2.75, 3.05) is 6.61 Å². The summed E-state index contributed by atoms with van der Waals surface area (Å²) in [5.41, 5.74) is 2.30. The lowest BCUT2D eigenvalue weighted by Gasteiger charge is -2.15. The Hall–Kier alpha value is -3.80. The maximum atomic E-state index is 12.9. The fraction of sp³-hybridized carbons (Fsp3) is 0.310. The van der Waals surface area contributed by atoms with Crippen LogP contribution < -0.4 is 19.8 Å². The second-order valence-corrected chi connectivity index (χ2v) is 8.78. The van der Waals surface area contributed by atoms with Gasteiger partial charge in [-0.3, -0.25) is 0 Å². The number of fused-ring (bicyclic) bond motifs is 1. The third kappa shape index (κ3) is 7.09. The number of benzene rings is 2. The van der Waals surface area contributed by atoms with Crippen molar-refractivity contribution < 1.29 is 23.4 Å². The second kappa shape index (κ2) is 12.1. The van der Waals surface area contributed by atoms with Crippen LogP contribution in [0.25, 0.3) is 11.0 Å². The van der Waals surface area contributed by atoms with E-state index in [2.05, 4.69) is 26.8 Å². The predicted octanol–water partition coefficient (Wildman–Crippen LogP) is 6.87. The van der Waals surface area contributed by atoms with Gasteiger partial charge in [-0.25, -0.2) is 9.59 Å². The average molecular weight is 477 g/mol. The molecule has 0 saturated heterocycles. The standard InChI is InChI=1S/C29H32O6/c1-19(2)11-9-12-21(5)17-18-32-24-16-10-15-23-25(24)34-29(31)27(33-20(3)4)26(23)35-28(30)22-13-7-6-8-14-22/h6-8,10-11,13-17,20H,9,12,18H2,1-5H3/b21-17+. The molecule has 0 unspecified atom stereocenters. The predicted molar refractivity (Wildman–Crippen MR) is 138 cm³/mol. The Labute approximate surface area is 205 Å². The van der Waals surface area contributed by atoms with Crippen molar-refractivity contribution in [1.29, 1.82) is 0 Å². The summed E-state index contributed by atoms with van der Waals surface area (Å²) in [4.78, 5) is 25.7. The van der Waals surface area contributed by atoms with Gasteiger partial charge in [0.15, 0.2) is 17.1 Å². The molecular weight excluding hydrogens is 444 g/mol. The molecule has 0 aliphatic rings. The Balaban J connectivity index is 1.94. The Morgan fingerprint density at radius 3 is 2.40 bits per heavy atom. The van der Waals surface area contributed by atoms with Crippen molar-refractivity contribution in [3.63, 3.8) is 0 Å². The second-order valence-electron chi connectivity index (χ2n) is 8.78. The van der Waals surface area contributed by atoms with Gasteiger partial charge in [0, 0.05) is 0 Å². The van der Waals surface area contributed by atoms with E-state index in [1.54, 1.807) is 62.4 Å². The molecule has 0 aliphatic heterocycles. The molecule has 0 bridgehead atoms. The zero-order valence-corrected chi connectivity index (χ0v) is 20.9. The highest BCUT2D eigenvalue weighted by Gasteiger charge is 2.23. The van der Waals surface area contributed by atoms with Crippen LogP contribution in [-0.2, 0) is 0 Å². The number of para-hydroxylation sites is 1. The summed E-state index contributed by atoms with van der Waals surface area (Å²) >= 11 is 0. The molecule has 6 nitrogen and oxygen atoms in total. The molecule has 3 aromatic rings. The van der Waals surface area contributed by atoms with Gasteiger partial charge >= 0.3 is 11.6 Å². The fourth-order valence-corrected chi connectivity index (χ4v) is 3.40. The number of ether oxygens (including phenoxy) is 3. The lowest BCUT2D eigenvalue weighted by atomic mass is 10.1. The largest absolute Gasteiger partial charge is 0.486 e. The molecular formula is C29H32O6. The first-order valence-electron chi connectivity index (χ1n) is 11.7. The van der Waals surface area contributed by atoms with E-state index in [0.717, 1.165) is 12.8 Å². The summed E-state index contributed by atoms with van der Waals surface area (Å²) in [7, 11) is 0. The van der Waals surface area contributed by atoms with Crippen molar-refractivity contribution in [3.8, 4) is 17.2 Å². The van der Waals surface area contributed by atoms with Gasteiger partial charge in [-0.15, -0.1) is 0 Å². The molecule has 0 spiro atoms. The number of esters is 1. The Kier molecular flexibility index (Phi) is 8.90. The number of hydrogen-bond donors (Lipinski definition) is 0. The minimum atomic E-state index is -0.744. The van der Waals surface area contributed by atoms with Crippen LogP contribution >= 0.6 is 0 Å². The van der Waals surface area contributed by atoms with Crippen LogP contribution in [0, 0.1) is 0 Å². The van der Waals surface area contributed by atoms with E-state index in [1.165, 1.54) is 11.1 Å². The van der Waals surface area contributed by atoms with Crippen LogP contribution in [0.5, 0.6) is 17.2 Å². The summed E-state index contributed by atoms with van der Waals surface area (Å²) in [5.74, 6) is -0.366. The van der Waals surface area contributed by atoms with E-state index < -0.39 is 11.6 Å². The molecule has 0 aliphatic carbocycles. The molecule has 3 rings (SSSR count). The van der Waals surface area contributed by atoms with Gasteiger partial charge in [-0.2, -0.15) is 0 Å². The number of rotatable bonds is 10. The van der Waals surface area contributed by atoms with E-state index >= 15 is 0 Å². The lowest BCUT2D eigenvalue weighted by Crippen LogP contribution is -2.17. The van der Waals surface area contributed by atoms with Crippen molar-refractivity contribution in [2.24, 2.45) is 0 Å². The molecule has 0 fully saturated rings. The molecule has 0 atom stereocenters. The van der Waals surface area contributed by atoms with Crippen LogP contribution in [0.3, 0.4) is 0 Å². The van der Waals surface area contributed by atoms with E-state index in [9.17, 15) is 9.59 Å². The lowest BCUT2D eigenvalue weighted by molar-refractivity contribution is 0.0726. The molecule has 1 aromatic heterocycles. The zero-order chi connectivity index (χ0) is 25.4. The van der Waals surface area contributed by atoms with Gasteiger partial charge < -0.3 is 18.6 Å². The summed E-state index contributed by atoms with van der Waals surface area (Å²) < 4.78 is 22.9. The SMILES string of the molecule is CC(C)=CCC/C(C)=C/COc1cccc2c(OC(=O)c3ccccc3)c(OC(C)C)c(=O)oc12. The van der Waals surface area contributed by atoms with Crippen LogP contribution in [0.15, 0.2) is 81.0 Å². The van der Waals surface area contributed by atoms with Crippen LogP contribution in [-0.4, -0.2) is 18.7 Å². The smallest absolute Gasteiger partial charge is 0.383 e. The molecule has 184 valence electrons. The van der Waals surface area contributed by atoms with E-state index in [4.69, 9.17) is 18.6 Å². The minimum Gasteiger partial charge on any atom is -0.486 e. The summed E-state index contributed by atoms with van der Waals surface area (Å²) in [6, 6.07) is 13.7. The average Bonchev–Trinajstić information content (AvgIpc) is 2.81. The number of allylic oxidation sites excluding steroid dienone is 3. The van der Waals surface area contributed by atoms with Crippen LogP contribution in [0.1, 0.15) is 57.8 Å². The van der Waals surface area contributed by atoms with Crippen molar-refractivity contribution >= 4 is 16.9 Å². The first-order valence-corrected chi connectivity index (χ1v) is 11.7. The topological polar surface area (TPSA) is 75.0 Å². The monoisotopic (exact) mass is 476 g/mol. The Morgan fingerprint density at radius 2 is 1.71 bits per heavy atom. The minimum absolute atomic E-state index is 0.0118. The zero-order valence-electron chi connectivity index (χ0n) is 20.9. The maximum absolute atomic E-state index is 12.9. The highest BCUT2D eigenvalue weighted by molar-refractivity contribution is 5.96. The molecule has 2 aromatic carbocycles. The summed E-state index contributed by atoms with van der Waals surface area (Å²) in [6.07, 6.45) is 5.79. The molecule has 0 N–H and O–H groups in total. The van der Waals surface area contributed by atoms with Gasteiger partial charge in [0.25, 0.3) is 0 Å². The molecule has 1 heterocycles. The van der Waals surface area contributed by atoms with E-state index in [-0.39, 0.29) is 23.2 Å². The highest BCUT2D eigenvalue weighted by Crippen LogP contribution is 2.37. The Bertz CT molecular complexity index is 1280. The Morgan fingerprint density at radius 1 is 0.971 bits per heavy atom. The van der Waals surface area contributed by atoms with E-state index in [0.29, 0.717) is 23.3 Å². The van der Waals surface area contributed by atoms with Gasteiger partial charge in [0.1, 0.15) is 6.61 Å². The third-order valence-electron chi connectivity index (χ3n) is 5.13. The quantitative estimate of drug-likeness (QED) is 0.181. The first kappa shape index (κ1) is 25.8. The maximum Gasteiger partial charge on any atom is 0.383 e. The number of carbonyl (C=O) groups is 1. The van der Waals surface area contributed by atoms with Crippen LogP contribution in [0.4, 0.5) is 0 Å². The number of hydrogen-bond acceptors (Lipinski definition) is 6. The van der Waals surface area contributed by atoms with Crippen molar-refractivity contribution in [2.45, 2.75) is 53.6 Å². The van der Waals surface area contributed by atoms with Gasteiger partial charge in [-0.1, -0.05) is 41.5 Å². The summed E-state index contributed by atoms with van der Waals surface area (Å²) in [6.45, 7) is 10.1. The third-order valence-corrected chi connectivity index (χ3v) is 5.13. The van der Waals surface area contributed by atoms with Crippen molar-refractivity contribution in [1.82, 2.24) is 0 Å². The van der Waals surface area contributed by atoms with Gasteiger partial charge in [0.05, 0.1) is 17.1 Å². The molecule has 6 heteroatoms. The van der Waals surface area contributed by atoms with E-state index in [1.807, 2.05) is 6.08 Å². The van der Waals surface area contributed by atoms with Gasteiger partial charge in [0.2, 0.25) is 5.75 Å². The summed E-state index contributed by atoms with van der Waals surface area (Å²) in [5, 5.41) is 0.409. The molecule has 35 heavy (non-hydrogen) atoms. The molecule has 0 radical (unpaired) electrons. The van der Waals surface area contributed by atoms with Gasteiger partial charge in [-0.05, 0) is 77.8 Å². The first-order chi connectivity index (χ1) is 16.8. The fourth-order valence-electron chi connectivity index (χ4n) is 3.40. The number of carbonyl (C=O) groups excluding carboxylic acids is 1. The normalized spacial score (nSPS) is 11.4. The molecule has 0 saturated carbocycles.